The molecule has 0 bridgehead atoms. The van der Waals surface area contributed by atoms with E-state index in [4.69, 9.17) is 9.52 Å². The van der Waals surface area contributed by atoms with Gasteiger partial charge >= 0.3 is 0 Å². The highest BCUT2D eigenvalue weighted by atomic mass is 32.2. The minimum atomic E-state index is -3.60. The summed E-state index contributed by atoms with van der Waals surface area (Å²) in [5.74, 6) is 0.248. The van der Waals surface area contributed by atoms with Crippen LogP contribution in [0.2, 0.25) is 0 Å². The van der Waals surface area contributed by atoms with Crippen LogP contribution in [0.15, 0.2) is 34.3 Å². The number of aliphatic hydroxyl groups excluding tert-OH is 1. The second kappa shape index (κ2) is 4.64. The average molecular weight is 257 g/mol. The molecule has 6 heteroatoms. The van der Waals surface area contributed by atoms with E-state index >= 15 is 0 Å². The summed E-state index contributed by atoms with van der Waals surface area (Å²) < 4.78 is 30.9. The van der Waals surface area contributed by atoms with Gasteiger partial charge in [0.1, 0.15) is 12.4 Å². The topological polar surface area (TPSA) is 70.8 Å². The monoisotopic (exact) mass is 257 g/mol. The number of furan rings is 1. The Morgan fingerprint density at radius 3 is 2.71 bits per heavy atom. The van der Waals surface area contributed by atoms with E-state index in [0.29, 0.717) is 0 Å². The fraction of sp³-hybridized carbons (Fsp3) is 0.455. The number of hydrogen-bond donors (Lipinski definition) is 1. The van der Waals surface area contributed by atoms with Crippen molar-refractivity contribution in [2.75, 3.05) is 6.54 Å². The third-order valence-electron chi connectivity index (χ3n) is 2.62. The first-order chi connectivity index (χ1) is 8.09. The molecule has 1 fully saturated rings. The SMILES string of the molecule is C=CCN(C1CC1)S(=O)(=O)c1ccc(CO)o1. The van der Waals surface area contributed by atoms with Crippen LogP contribution in [0.4, 0.5) is 0 Å². The highest BCUT2D eigenvalue weighted by Crippen LogP contribution is 2.32. The van der Waals surface area contributed by atoms with Crippen LogP contribution in [0, 0.1) is 0 Å². The van der Waals surface area contributed by atoms with Crippen molar-refractivity contribution in [3.63, 3.8) is 0 Å². The van der Waals surface area contributed by atoms with Gasteiger partial charge in [-0.1, -0.05) is 6.08 Å². The van der Waals surface area contributed by atoms with E-state index in [1.807, 2.05) is 0 Å². The zero-order valence-electron chi connectivity index (χ0n) is 9.37. The molecule has 1 aliphatic rings. The Labute approximate surface area is 100 Å². The molecule has 0 radical (unpaired) electrons. The van der Waals surface area contributed by atoms with Crippen molar-refractivity contribution in [1.29, 1.82) is 0 Å². The van der Waals surface area contributed by atoms with E-state index < -0.39 is 10.0 Å². The van der Waals surface area contributed by atoms with Crippen LogP contribution in [0.1, 0.15) is 18.6 Å². The third-order valence-corrected chi connectivity index (χ3v) is 4.41. The summed E-state index contributed by atoms with van der Waals surface area (Å²) >= 11 is 0. The molecule has 1 aromatic rings. The minimum Gasteiger partial charge on any atom is -0.446 e. The Morgan fingerprint density at radius 1 is 1.53 bits per heavy atom. The largest absolute Gasteiger partial charge is 0.446 e. The second-order valence-electron chi connectivity index (χ2n) is 3.97. The van der Waals surface area contributed by atoms with Gasteiger partial charge in [0.05, 0.1) is 0 Å². The van der Waals surface area contributed by atoms with E-state index in [-0.39, 0.29) is 30.0 Å². The lowest BCUT2D eigenvalue weighted by Gasteiger charge is -2.18. The van der Waals surface area contributed by atoms with Crippen LogP contribution in [0.3, 0.4) is 0 Å². The Bertz CT molecular complexity index is 501. The van der Waals surface area contributed by atoms with E-state index in [1.165, 1.54) is 16.4 Å². The second-order valence-corrected chi connectivity index (χ2v) is 5.79. The third kappa shape index (κ3) is 2.43. The number of rotatable bonds is 6. The van der Waals surface area contributed by atoms with Gasteiger partial charge in [0.15, 0.2) is 0 Å². The normalized spacial score (nSPS) is 16.4. The quantitative estimate of drug-likeness (QED) is 0.775. The Morgan fingerprint density at radius 2 is 2.24 bits per heavy atom. The van der Waals surface area contributed by atoms with E-state index in [2.05, 4.69) is 6.58 Å². The Kier molecular flexibility index (Phi) is 3.37. The van der Waals surface area contributed by atoms with Crippen LogP contribution >= 0.6 is 0 Å². The molecule has 94 valence electrons. The zero-order chi connectivity index (χ0) is 12.5. The molecule has 0 spiro atoms. The van der Waals surface area contributed by atoms with Crippen molar-refractivity contribution in [2.45, 2.75) is 30.6 Å². The molecule has 17 heavy (non-hydrogen) atoms. The standard InChI is InChI=1S/C11H15NO4S/c1-2-7-12(9-3-4-9)17(14,15)11-6-5-10(8-13)16-11/h2,5-6,9,13H,1,3-4,7-8H2. The van der Waals surface area contributed by atoms with Gasteiger partial charge < -0.3 is 9.52 Å². The van der Waals surface area contributed by atoms with Crippen molar-refractivity contribution in [3.05, 3.63) is 30.5 Å². The van der Waals surface area contributed by atoms with Crippen LogP contribution in [0.5, 0.6) is 0 Å². The lowest BCUT2D eigenvalue weighted by atomic mass is 10.5. The van der Waals surface area contributed by atoms with Crippen LogP contribution in [-0.2, 0) is 16.6 Å². The molecule has 1 saturated carbocycles. The fourth-order valence-electron chi connectivity index (χ4n) is 1.63. The molecule has 0 aromatic carbocycles. The molecule has 1 aromatic heterocycles. The van der Waals surface area contributed by atoms with Crippen LogP contribution < -0.4 is 0 Å². The molecular weight excluding hydrogens is 242 g/mol. The first-order valence-electron chi connectivity index (χ1n) is 5.42. The molecule has 1 heterocycles. The molecule has 1 N–H and O–H groups in total. The fourth-order valence-corrected chi connectivity index (χ4v) is 3.22. The van der Waals surface area contributed by atoms with E-state index in [9.17, 15) is 8.42 Å². The van der Waals surface area contributed by atoms with Crippen molar-refractivity contribution in [2.24, 2.45) is 0 Å². The van der Waals surface area contributed by atoms with Crippen molar-refractivity contribution in [3.8, 4) is 0 Å². The van der Waals surface area contributed by atoms with Crippen molar-refractivity contribution >= 4 is 10.0 Å². The summed E-state index contributed by atoms with van der Waals surface area (Å²) in [6, 6.07) is 2.89. The molecule has 0 saturated heterocycles. The summed E-state index contributed by atoms with van der Waals surface area (Å²) in [7, 11) is -3.60. The minimum absolute atomic E-state index is 0.0562. The molecule has 0 aliphatic heterocycles. The van der Waals surface area contributed by atoms with Gasteiger partial charge in [0, 0.05) is 12.6 Å². The maximum atomic E-state index is 12.2. The maximum absolute atomic E-state index is 12.2. The Balaban J connectivity index is 2.29. The predicted octanol–water partition coefficient (Wildman–Crippen LogP) is 1.11. The molecule has 0 atom stereocenters. The maximum Gasteiger partial charge on any atom is 0.276 e. The number of nitrogens with zero attached hydrogens (tertiary/aromatic N) is 1. The van der Waals surface area contributed by atoms with Gasteiger partial charge in [0.2, 0.25) is 5.09 Å². The summed E-state index contributed by atoms with van der Waals surface area (Å²) in [6.07, 6.45) is 3.31. The first-order valence-corrected chi connectivity index (χ1v) is 6.86. The number of hydrogen-bond acceptors (Lipinski definition) is 4. The van der Waals surface area contributed by atoms with Gasteiger partial charge in [-0.15, -0.1) is 6.58 Å². The van der Waals surface area contributed by atoms with Gasteiger partial charge in [-0.2, -0.15) is 4.31 Å². The lowest BCUT2D eigenvalue weighted by Crippen LogP contribution is -2.33. The molecule has 0 unspecified atom stereocenters. The van der Waals surface area contributed by atoms with Crippen molar-refractivity contribution < 1.29 is 17.9 Å². The predicted molar refractivity (Wildman–Crippen MR) is 61.7 cm³/mol. The first kappa shape index (κ1) is 12.3. The number of sulfonamides is 1. The molecule has 2 rings (SSSR count). The summed E-state index contributed by atoms with van der Waals surface area (Å²) in [5, 5.41) is 8.75. The highest BCUT2D eigenvalue weighted by Gasteiger charge is 2.38. The highest BCUT2D eigenvalue weighted by molar-refractivity contribution is 7.89. The average Bonchev–Trinajstić information content (AvgIpc) is 3.01. The van der Waals surface area contributed by atoms with Gasteiger partial charge in [-0.3, -0.25) is 0 Å². The molecule has 1 aliphatic carbocycles. The molecule has 0 amide bonds. The van der Waals surface area contributed by atoms with E-state index in [1.54, 1.807) is 6.08 Å². The van der Waals surface area contributed by atoms with Gasteiger partial charge in [0.25, 0.3) is 10.0 Å². The summed E-state index contributed by atoms with van der Waals surface area (Å²) in [5.41, 5.74) is 0. The van der Waals surface area contributed by atoms with Crippen LogP contribution in [-0.4, -0.2) is 30.4 Å². The zero-order valence-corrected chi connectivity index (χ0v) is 10.2. The summed E-state index contributed by atoms with van der Waals surface area (Å²) in [4.78, 5) is 0. The summed E-state index contributed by atoms with van der Waals surface area (Å²) in [6.45, 7) is 3.54. The van der Waals surface area contributed by atoms with Gasteiger partial charge in [-0.25, -0.2) is 8.42 Å². The van der Waals surface area contributed by atoms with Gasteiger partial charge in [-0.05, 0) is 25.0 Å². The lowest BCUT2D eigenvalue weighted by molar-refractivity contribution is 0.235. The van der Waals surface area contributed by atoms with E-state index in [0.717, 1.165) is 12.8 Å². The smallest absolute Gasteiger partial charge is 0.276 e. The molecule has 5 nitrogen and oxygen atoms in total. The van der Waals surface area contributed by atoms with Crippen molar-refractivity contribution in [1.82, 2.24) is 4.31 Å². The van der Waals surface area contributed by atoms with Crippen LogP contribution in [0.25, 0.3) is 0 Å². The molecular formula is C11H15NO4S. The number of aliphatic hydroxyl groups is 1. The Hall–Kier alpha value is -1.11.